The normalized spacial score (nSPS) is 19.4. The van der Waals surface area contributed by atoms with E-state index in [0.717, 1.165) is 19.3 Å². The second kappa shape index (κ2) is 16.3. The highest BCUT2D eigenvalue weighted by Gasteiger charge is 2.46. The molecule has 1 aliphatic heterocycles. The summed E-state index contributed by atoms with van der Waals surface area (Å²) in [5.41, 5.74) is -0.953. The van der Waals surface area contributed by atoms with E-state index >= 15 is 0 Å². The molecule has 0 saturated carbocycles. The number of aliphatic carboxylic acids is 1. The first-order chi connectivity index (χ1) is 14.9. The molecule has 1 saturated heterocycles. The summed E-state index contributed by atoms with van der Waals surface area (Å²) >= 11 is 0. The van der Waals surface area contributed by atoms with Crippen molar-refractivity contribution in [2.24, 2.45) is 5.92 Å². The van der Waals surface area contributed by atoms with Crippen LogP contribution in [-0.2, 0) is 14.4 Å². The first kappa shape index (κ1) is 27.6. The minimum absolute atomic E-state index is 0.137. The number of rotatable bonds is 20. The van der Waals surface area contributed by atoms with Gasteiger partial charge >= 0.3 is 5.97 Å². The molecular weight excluding hydrogens is 390 g/mol. The Hall–Kier alpha value is -1.39. The molecule has 0 aromatic rings. The van der Waals surface area contributed by atoms with Crippen LogP contribution in [-0.4, -0.2) is 28.3 Å². The van der Waals surface area contributed by atoms with Gasteiger partial charge in [0.25, 0.3) is 0 Å². The van der Waals surface area contributed by atoms with E-state index in [0.29, 0.717) is 19.3 Å². The van der Waals surface area contributed by atoms with E-state index in [2.05, 4.69) is 12.2 Å². The monoisotopic (exact) mass is 437 g/mol. The van der Waals surface area contributed by atoms with E-state index in [1.807, 2.05) is 0 Å². The van der Waals surface area contributed by atoms with Gasteiger partial charge in [-0.3, -0.25) is 14.4 Å². The molecule has 31 heavy (non-hydrogen) atoms. The van der Waals surface area contributed by atoms with Crippen molar-refractivity contribution in [2.75, 3.05) is 0 Å². The molecule has 180 valence electrons. The highest BCUT2D eigenvalue weighted by Crippen LogP contribution is 2.30. The van der Waals surface area contributed by atoms with Gasteiger partial charge in [0.2, 0.25) is 5.91 Å². The summed E-state index contributed by atoms with van der Waals surface area (Å²) < 4.78 is 0. The minimum Gasteiger partial charge on any atom is -0.481 e. The Labute approximate surface area is 190 Å². The van der Waals surface area contributed by atoms with Crippen LogP contribution in [0.4, 0.5) is 0 Å². The summed E-state index contributed by atoms with van der Waals surface area (Å²) in [6.07, 6.45) is 22.0. The number of amides is 1. The fourth-order valence-corrected chi connectivity index (χ4v) is 4.72. The number of carbonyl (C=O) groups is 3. The van der Waals surface area contributed by atoms with Crippen molar-refractivity contribution in [2.45, 2.75) is 141 Å². The van der Waals surface area contributed by atoms with Crippen molar-refractivity contribution in [3.8, 4) is 0 Å². The summed E-state index contributed by atoms with van der Waals surface area (Å²) in [6, 6.07) is 0. The molecule has 0 aromatic heterocycles. The van der Waals surface area contributed by atoms with Crippen molar-refractivity contribution < 1.29 is 19.5 Å². The van der Waals surface area contributed by atoms with Crippen LogP contribution in [0.5, 0.6) is 0 Å². The molecular formula is C26H47NO4. The maximum absolute atomic E-state index is 12.7. The fraction of sp³-hybridized carbons (Fsp3) is 0.885. The summed E-state index contributed by atoms with van der Waals surface area (Å²) in [4.78, 5) is 35.6. The molecule has 0 aromatic carbocycles. The standard InChI is InChI=1S/C26H47NO4/c1-3-4-5-6-7-8-9-10-11-12-13-14-15-16-17-18-20-26(21-19-23(28)27-26)24(29)22(2)25(30)31/h22H,3-21H2,1-2H3,(H,27,28)(H,30,31). The Kier molecular flexibility index (Phi) is 14.5. The highest BCUT2D eigenvalue weighted by atomic mass is 16.4. The molecule has 2 atom stereocenters. The third kappa shape index (κ3) is 11.2. The van der Waals surface area contributed by atoms with Crippen LogP contribution in [0.3, 0.4) is 0 Å². The summed E-state index contributed by atoms with van der Waals surface area (Å²) in [5.74, 6) is -2.66. The van der Waals surface area contributed by atoms with E-state index in [1.165, 1.54) is 90.4 Å². The Morgan fingerprint density at radius 1 is 0.839 bits per heavy atom. The van der Waals surface area contributed by atoms with Crippen LogP contribution in [0.25, 0.3) is 0 Å². The van der Waals surface area contributed by atoms with E-state index in [-0.39, 0.29) is 11.7 Å². The van der Waals surface area contributed by atoms with Gasteiger partial charge in [0.1, 0.15) is 5.92 Å². The maximum atomic E-state index is 12.7. The van der Waals surface area contributed by atoms with Gasteiger partial charge in [0.05, 0.1) is 5.54 Å². The van der Waals surface area contributed by atoms with Crippen LogP contribution >= 0.6 is 0 Å². The second-order valence-electron chi connectivity index (χ2n) is 9.61. The van der Waals surface area contributed by atoms with Crippen molar-refractivity contribution in [3.05, 3.63) is 0 Å². The quantitative estimate of drug-likeness (QED) is 0.166. The number of nitrogens with one attached hydrogen (secondary N) is 1. The Bertz CT molecular complexity index is 534. The fourth-order valence-electron chi connectivity index (χ4n) is 4.72. The van der Waals surface area contributed by atoms with Gasteiger partial charge in [-0.25, -0.2) is 0 Å². The van der Waals surface area contributed by atoms with Gasteiger partial charge in [-0.2, -0.15) is 0 Å². The molecule has 1 aliphatic rings. The molecule has 5 nitrogen and oxygen atoms in total. The predicted molar refractivity (Wildman–Crippen MR) is 126 cm³/mol. The summed E-state index contributed by atoms with van der Waals surface area (Å²) in [7, 11) is 0. The minimum atomic E-state index is -1.11. The van der Waals surface area contributed by atoms with Crippen molar-refractivity contribution >= 4 is 17.7 Å². The molecule has 1 fully saturated rings. The largest absolute Gasteiger partial charge is 0.481 e. The number of carboxylic acids is 1. The van der Waals surface area contributed by atoms with E-state index < -0.39 is 17.4 Å². The third-order valence-corrected chi connectivity index (χ3v) is 6.85. The van der Waals surface area contributed by atoms with Gasteiger partial charge in [-0.1, -0.05) is 110 Å². The van der Waals surface area contributed by atoms with Crippen molar-refractivity contribution in [1.82, 2.24) is 5.32 Å². The lowest BCUT2D eigenvalue weighted by atomic mass is 9.81. The molecule has 0 spiro atoms. The molecule has 5 heteroatoms. The van der Waals surface area contributed by atoms with Crippen LogP contribution in [0.15, 0.2) is 0 Å². The molecule has 1 heterocycles. The molecule has 2 N–H and O–H groups in total. The molecule has 1 amide bonds. The van der Waals surface area contributed by atoms with Crippen molar-refractivity contribution in [3.63, 3.8) is 0 Å². The highest BCUT2D eigenvalue weighted by molar-refractivity contribution is 6.05. The lowest BCUT2D eigenvalue weighted by molar-refractivity contribution is -0.148. The van der Waals surface area contributed by atoms with E-state index in [9.17, 15) is 19.5 Å². The van der Waals surface area contributed by atoms with Gasteiger partial charge in [-0.15, -0.1) is 0 Å². The second-order valence-corrected chi connectivity index (χ2v) is 9.61. The number of ketones is 1. The van der Waals surface area contributed by atoms with E-state index in [4.69, 9.17) is 0 Å². The number of carboxylic acid groups (broad SMARTS) is 1. The summed E-state index contributed by atoms with van der Waals surface area (Å²) in [6.45, 7) is 3.68. The smallest absolute Gasteiger partial charge is 0.313 e. The SMILES string of the molecule is CCCCCCCCCCCCCCCCCCC1(C(=O)C(C)C(=O)O)CCC(=O)N1. The first-order valence-corrected chi connectivity index (χ1v) is 13.0. The number of carbonyl (C=O) groups excluding carboxylic acids is 2. The topological polar surface area (TPSA) is 83.5 Å². The Balaban J connectivity index is 2.04. The lowest BCUT2D eigenvalue weighted by Crippen LogP contribution is -2.52. The lowest BCUT2D eigenvalue weighted by Gasteiger charge is -2.29. The Morgan fingerprint density at radius 2 is 1.26 bits per heavy atom. The van der Waals surface area contributed by atoms with Gasteiger partial charge in [0, 0.05) is 6.42 Å². The number of hydrogen-bond donors (Lipinski definition) is 2. The average molecular weight is 438 g/mol. The zero-order valence-electron chi connectivity index (χ0n) is 20.2. The number of Topliss-reactive ketones (excluding diaryl/α,β-unsaturated/α-hetero) is 1. The molecule has 0 radical (unpaired) electrons. The van der Waals surface area contributed by atoms with Gasteiger partial charge in [-0.05, 0) is 19.8 Å². The van der Waals surface area contributed by atoms with Crippen LogP contribution in [0, 0.1) is 5.92 Å². The van der Waals surface area contributed by atoms with Gasteiger partial charge < -0.3 is 10.4 Å². The first-order valence-electron chi connectivity index (χ1n) is 13.0. The van der Waals surface area contributed by atoms with Crippen LogP contribution in [0.1, 0.15) is 136 Å². The summed E-state index contributed by atoms with van der Waals surface area (Å²) in [5, 5.41) is 12.0. The molecule has 0 bridgehead atoms. The number of hydrogen-bond acceptors (Lipinski definition) is 3. The molecule has 0 aliphatic carbocycles. The Morgan fingerprint density at radius 3 is 1.61 bits per heavy atom. The van der Waals surface area contributed by atoms with E-state index in [1.54, 1.807) is 0 Å². The maximum Gasteiger partial charge on any atom is 0.313 e. The van der Waals surface area contributed by atoms with Crippen molar-refractivity contribution in [1.29, 1.82) is 0 Å². The van der Waals surface area contributed by atoms with Crippen LogP contribution in [0.2, 0.25) is 0 Å². The zero-order chi connectivity index (χ0) is 23.0. The average Bonchev–Trinajstić information content (AvgIpc) is 3.14. The zero-order valence-corrected chi connectivity index (χ0v) is 20.2. The van der Waals surface area contributed by atoms with Gasteiger partial charge in [0.15, 0.2) is 5.78 Å². The number of unbranched alkanes of at least 4 members (excludes halogenated alkanes) is 15. The molecule has 1 rings (SSSR count). The molecule has 2 unspecified atom stereocenters. The van der Waals surface area contributed by atoms with Crippen LogP contribution < -0.4 is 5.32 Å². The third-order valence-electron chi connectivity index (χ3n) is 6.85. The predicted octanol–water partition coefficient (Wildman–Crippen LogP) is 6.58.